The van der Waals surface area contributed by atoms with Crippen LogP contribution in [0, 0.1) is 6.92 Å². The van der Waals surface area contributed by atoms with Crippen molar-refractivity contribution < 1.29 is 47.7 Å². The number of piperazine rings is 1. The number of carbonyl (C=O) groups is 6. The normalized spacial score (nSPS) is 20.1. The number of ether oxygens (including phenoxy) is 4. The maximum absolute atomic E-state index is 14.0. The number of hydrogen-bond acceptors (Lipinski definition) is 11. The second-order valence-electron chi connectivity index (χ2n) is 15.4. The molecule has 2 N–H and O–H groups in total. The Balaban J connectivity index is 1.14. The Hall–Kier alpha value is -4.99. The highest BCUT2D eigenvalue weighted by Gasteiger charge is 2.36. The number of pyridine rings is 1. The Labute approximate surface area is 333 Å². The summed E-state index contributed by atoms with van der Waals surface area (Å²) in [6.07, 6.45) is 6.89. The van der Waals surface area contributed by atoms with Crippen LogP contribution in [0.4, 0.5) is 4.79 Å². The van der Waals surface area contributed by atoms with Crippen LogP contribution in [-0.4, -0.2) is 139 Å². The van der Waals surface area contributed by atoms with E-state index in [0.29, 0.717) is 43.5 Å². The molecule has 310 valence electrons. The minimum Gasteiger partial charge on any atom is -0.483 e. The van der Waals surface area contributed by atoms with Gasteiger partial charge in [0.1, 0.15) is 30.1 Å². The van der Waals surface area contributed by atoms with Crippen molar-refractivity contribution in [1.29, 1.82) is 0 Å². The zero-order valence-corrected chi connectivity index (χ0v) is 33.1. The number of likely N-dealkylation sites (tertiary alicyclic amines) is 1. The van der Waals surface area contributed by atoms with Crippen molar-refractivity contribution in [3.05, 3.63) is 35.5 Å². The molecular weight excluding hydrogens is 736 g/mol. The van der Waals surface area contributed by atoms with Crippen LogP contribution < -0.4 is 15.4 Å². The number of unbranched alkanes of at least 4 members (excludes halogenated alkanes) is 1. The van der Waals surface area contributed by atoms with Crippen LogP contribution in [0.5, 0.6) is 5.75 Å². The third-order valence-corrected chi connectivity index (χ3v) is 11.1. The largest absolute Gasteiger partial charge is 0.483 e. The van der Waals surface area contributed by atoms with Gasteiger partial charge in [-0.25, -0.2) is 9.78 Å². The third kappa shape index (κ3) is 11.1. The van der Waals surface area contributed by atoms with Gasteiger partial charge in [0, 0.05) is 63.2 Å². The molecule has 57 heavy (non-hydrogen) atoms. The molecule has 3 atom stereocenters. The quantitative estimate of drug-likeness (QED) is 0.188. The van der Waals surface area contributed by atoms with Gasteiger partial charge >= 0.3 is 12.1 Å². The Morgan fingerprint density at radius 2 is 1.72 bits per heavy atom. The van der Waals surface area contributed by atoms with Gasteiger partial charge < -0.3 is 44.3 Å². The van der Waals surface area contributed by atoms with Crippen LogP contribution in [0.3, 0.4) is 0 Å². The van der Waals surface area contributed by atoms with E-state index in [1.807, 2.05) is 19.9 Å². The summed E-state index contributed by atoms with van der Waals surface area (Å²) in [6, 6.07) is 5.40. The van der Waals surface area contributed by atoms with Crippen molar-refractivity contribution in [3.8, 4) is 5.75 Å². The number of nitrogens with one attached hydrogen (secondary N) is 2. The van der Waals surface area contributed by atoms with Gasteiger partial charge in [-0.2, -0.15) is 0 Å². The van der Waals surface area contributed by atoms with Gasteiger partial charge in [0.25, 0.3) is 11.8 Å². The molecule has 1 saturated carbocycles. The van der Waals surface area contributed by atoms with Crippen molar-refractivity contribution in [3.63, 3.8) is 0 Å². The highest BCUT2D eigenvalue weighted by atomic mass is 16.6. The molecule has 6 rings (SSSR count). The molecule has 3 aliphatic heterocycles. The predicted octanol–water partition coefficient (Wildman–Crippen LogP) is 3.26. The third-order valence-electron chi connectivity index (χ3n) is 11.1. The van der Waals surface area contributed by atoms with Crippen LogP contribution in [0.2, 0.25) is 0 Å². The van der Waals surface area contributed by atoms with E-state index in [-0.39, 0.29) is 87.6 Å². The average molecular weight is 793 g/mol. The van der Waals surface area contributed by atoms with Crippen molar-refractivity contribution >= 4 is 46.6 Å². The fraction of sp³-hybridized carbons (Fsp3) is 0.634. The molecule has 2 aromatic rings. The summed E-state index contributed by atoms with van der Waals surface area (Å²) >= 11 is 0. The van der Waals surface area contributed by atoms with Crippen molar-refractivity contribution in [2.75, 3.05) is 59.2 Å². The van der Waals surface area contributed by atoms with E-state index in [1.165, 1.54) is 6.07 Å². The maximum atomic E-state index is 14.0. The number of benzene rings is 1. The highest BCUT2D eigenvalue weighted by molar-refractivity contribution is 5.99. The van der Waals surface area contributed by atoms with E-state index in [1.54, 1.807) is 26.8 Å². The number of aryl methyl sites for hydroxylation is 1. The lowest BCUT2D eigenvalue weighted by Gasteiger charge is -2.36. The lowest BCUT2D eigenvalue weighted by Crippen LogP contribution is -2.56. The fourth-order valence-corrected chi connectivity index (χ4v) is 7.46. The lowest BCUT2D eigenvalue weighted by molar-refractivity contribution is -0.147. The molecule has 16 nitrogen and oxygen atoms in total. The SMILES string of the molecule is CCCCOC(=O)N1CCN(C(=O)C(CCC(=O)OC[C@@H]2CCCO2)NC(=O)c2cc(OCC(=O)N3CCC[C@H]3C(=O)NC3CCC3)c3ccc(C)cc3n2)CC1. The van der Waals surface area contributed by atoms with E-state index in [2.05, 4.69) is 15.6 Å². The summed E-state index contributed by atoms with van der Waals surface area (Å²) in [5.41, 5.74) is 1.29. The van der Waals surface area contributed by atoms with Crippen molar-refractivity contribution in [2.45, 2.75) is 109 Å². The number of amides is 5. The number of fused-ring (bicyclic) bond motifs is 1. The number of carbonyl (C=O) groups excluding carboxylic acids is 6. The van der Waals surface area contributed by atoms with Gasteiger partial charge in [0.05, 0.1) is 18.2 Å². The number of rotatable bonds is 16. The first-order chi connectivity index (χ1) is 27.6. The van der Waals surface area contributed by atoms with E-state index in [9.17, 15) is 28.8 Å². The standard InChI is InChI=1S/C41H56N6O10/c1-3-4-21-55-41(53)46-19-17-45(18-20-46)40(52)31(14-15-37(49)57-25-29-10-7-22-54-29)44-38(50)33-24-35(30-13-12-27(2)23-32(30)43-33)56-26-36(48)47-16-6-11-34(47)39(51)42-28-8-5-9-28/h12-13,23-24,28-29,31,34H,3-11,14-22,25-26H2,1-2H3,(H,42,51)(H,44,50)/t29-,31?,34-/m0/s1. The molecule has 0 radical (unpaired) electrons. The Morgan fingerprint density at radius 3 is 2.44 bits per heavy atom. The summed E-state index contributed by atoms with van der Waals surface area (Å²) < 4.78 is 22.4. The Morgan fingerprint density at radius 1 is 0.930 bits per heavy atom. The average Bonchev–Trinajstić information content (AvgIpc) is 3.92. The molecule has 4 aliphatic rings. The highest BCUT2D eigenvalue weighted by Crippen LogP contribution is 2.28. The first-order valence-corrected chi connectivity index (χ1v) is 20.5. The summed E-state index contributed by atoms with van der Waals surface area (Å²) in [5, 5.41) is 6.44. The molecule has 1 aliphatic carbocycles. The summed E-state index contributed by atoms with van der Waals surface area (Å²) in [5.74, 6) is -1.83. The minimum atomic E-state index is -1.12. The molecule has 4 fully saturated rings. The van der Waals surface area contributed by atoms with Gasteiger partial charge in [-0.15, -0.1) is 0 Å². The zero-order valence-electron chi connectivity index (χ0n) is 33.1. The topological polar surface area (TPSA) is 186 Å². The van der Waals surface area contributed by atoms with Crippen molar-refractivity contribution in [1.82, 2.24) is 30.3 Å². The lowest BCUT2D eigenvalue weighted by atomic mass is 9.93. The van der Waals surface area contributed by atoms with E-state index >= 15 is 0 Å². The first-order valence-electron chi connectivity index (χ1n) is 20.5. The van der Waals surface area contributed by atoms with Crippen molar-refractivity contribution in [2.24, 2.45) is 0 Å². The zero-order chi connectivity index (χ0) is 40.3. The molecule has 4 heterocycles. The molecule has 1 aromatic heterocycles. The number of nitrogens with zero attached hydrogens (tertiary/aromatic N) is 4. The molecule has 3 saturated heterocycles. The van der Waals surface area contributed by atoms with Crippen LogP contribution in [0.15, 0.2) is 24.3 Å². The second kappa shape index (κ2) is 19.9. The van der Waals surface area contributed by atoms with Crippen LogP contribution in [0.25, 0.3) is 10.9 Å². The molecular formula is C41H56N6O10. The molecule has 5 amide bonds. The minimum absolute atomic E-state index is 0.0376. The number of esters is 1. The van der Waals surface area contributed by atoms with E-state index < -0.39 is 36.0 Å². The maximum Gasteiger partial charge on any atom is 0.409 e. The van der Waals surface area contributed by atoms with Gasteiger partial charge in [0.2, 0.25) is 11.8 Å². The van der Waals surface area contributed by atoms with Gasteiger partial charge in [-0.3, -0.25) is 24.0 Å². The monoisotopic (exact) mass is 792 g/mol. The molecule has 0 spiro atoms. The second-order valence-corrected chi connectivity index (χ2v) is 15.4. The summed E-state index contributed by atoms with van der Waals surface area (Å²) in [6.45, 7) is 6.02. The summed E-state index contributed by atoms with van der Waals surface area (Å²) in [7, 11) is 0. The molecule has 1 unspecified atom stereocenters. The molecule has 0 bridgehead atoms. The summed E-state index contributed by atoms with van der Waals surface area (Å²) in [4.78, 5) is 89.0. The van der Waals surface area contributed by atoms with E-state index in [4.69, 9.17) is 18.9 Å². The van der Waals surface area contributed by atoms with Gasteiger partial charge in [-0.05, 0) is 82.4 Å². The Kier molecular flexibility index (Phi) is 14.6. The molecule has 16 heteroatoms. The predicted molar refractivity (Wildman–Crippen MR) is 207 cm³/mol. The van der Waals surface area contributed by atoms with Crippen LogP contribution in [-0.2, 0) is 33.4 Å². The van der Waals surface area contributed by atoms with Crippen LogP contribution in [0.1, 0.15) is 93.6 Å². The van der Waals surface area contributed by atoms with E-state index in [0.717, 1.165) is 50.5 Å². The van der Waals surface area contributed by atoms with Crippen LogP contribution >= 0.6 is 0 Å². The Bertz CT molecular complexity index is 1770. The number of hydrogen-bond donors (Lipinski definition) is 2. The van der Waals surface area contributed by atoms with Gasteiger partial charge in [-0.1, -0.05) is 19.4 Å². The first kappa shape index (κ1) is 41.6. The van der Waals surface area contributed by atoms with Gasteiger partial charge in [0.15, 0.2) is 6.61 Å². The fourth-order valence-electron chi connectivity index (χ4n) is 7.46. The number of aromatic nitrogens is 1. The molecule has 1 aromatic carbocycles. The smallest absolute Gasteiger partial charge is 0.409 e.